The van der Waals surface area contributed by atoms with E-state index in [-0.39, 0.29) is 30.1 Å². The van der Waals surface area contributed by atoms with Gasteiger partial charge in [0.05, 0.1) is 24.0 Å². The second-order valence-electron chi connectivity index (χ2n) is 3.33. The normalized spacial score (nSPS) is 10.9. The summed E-state index contributed by atoms with van der Waals surface area (Å²) in [7, 11) is -3.52. The summed E-state index contributed by atoms with van der Waals surface area (Å²) in [6, 6.07) is 5.58. The van der Waals surface area contributed by atoms with E-state index in [1.165, 1.54) is 12.1 Å². The van der Waals surface area contributed by atoms with Gasteiger partial charge in [0, 0.05) is 0 Å². The Morgan fingerprint density at radius 3 is 2.71 bits per heavy atom. The highest BCUT2D eigenvalue weighted by molar-refractivity contribution is 7.89. The summed E-state index contributed by atoms with van der Waals surface area (Å²) in [6.45, 7) is 0.0409. The first kappa shape index (κ1) is 13.4. The first-order chi connectivity index (χ1) is 7.92. The molecule has 0 saturated heterocycles. The molecule has 5 nitrogen and oxygen atoms in total. The van der Waals surface area contributed by atoms with Crippen LogP contribution in [0.1, 0.15) is 12.0 Å². The molecule has 0 saturated carbocycles. The van der Waals surface area contributed by atoms with Crippen LogP contribution in [0.5, 0.6) is 5.75 Å². The van der Waals surface area contributed by atoms with Crippen LogP contribution in [0, 0.1) is 17.1 Å². The monoisotopic (exact) mass is 258 g/mol. The van der Waals surface area contributed by atoms with Crippen molar-refractivity contribution in [2.45, 2.75) is 6.42 Å². The number of rotatable bonds is 5. The van der Waals surface area contributed by atoms with Crippen molar-refractivity contribution in [3.8, 4) is 11.8 Å². The predicted octanol–water partition coefficient (Wildman–Crippen LogP) is 0.755. The van der Waals surface area contributed by atoms with Crippen LogP contribution in [-0.4, -0.2) is 20.8 Å². The van der Waals surface area contributed by atoms with Gasteiger partial charge in [-0.05, 0) is 24.6 Å². The van der Waals surface area contributed by atoms with Crippen LogP contribution >= 0.6 is 0 Å². The average molecular weight is 258 g/mol. The number of benzene rings is 1. The van der Waals surface area contributed by atoms with Gasteiger partial charge < -0.3 is 4.74 Å². The Morgan fingerprint density at radius 1 is 1.47 bits per heavy atom. The molecule has 0 aliphatic rings. The van der Waals surface area contributed by atoms with Crippen molar-refractivity contribution in [1.82, 2.24) is 0 Å². The van der Waals surface area contributed by atoms with Crippen LogP contribution in [0.25, 0.3) is 0 Å². The molecule has 1 rings (SSSR count). The minimum Gasteiger partial charge on any atom is -0.490 e. The van der Waals surface area contributed by atoms with Crippen molar-refractivity contribution in [2.75, 3.05) is 12.4 Å². The number of nitrogens with zero attached hydrogens (tertiary/aromatic N) is 1. The summed E-state index contributed by atoms with van der Waals surface area (Å²) in [5.74, 6) is -0.886. The number of hydrogen-bond donors (Lipinski definition) is 1. The molecule has 0 aliphatic heterocycles. The van der Waals surface area contributed by atoms with Crippen molar-refractivity contribution < 1.29 is 17.5 Å². The van der Waals surface area contributed by atoms with Gasteiger partial charge in [0.25, 0.3) is 0 Å². The minimum absolute atomic E-state index is 0.0154. The van der Waals surface area contributed by atoms with Crippen LogP contribution in [0.2, 0.25) is 0 Å². The molecular formula is C10H11FN2O3S. The summed E-state index contributed by atoms with van der Waals surface area (Å²) < 4.78 is 39.5. The van der Waals surface area contributed by atoms with E-state index in [0.717, 1.165) is 6.07 Å². The number of sulfonamides is 1. The molecular weight excluding hydrogens is 247 g/mol. The van der Waals surface area contributed by atoms with Crippen LogP contribution in [-0.2, 0) is 10.0 Å². The number of hydrogen-bond acceptors (Lipinski definition) is 4. The molecule has 0 heterocycles. The smallest absolute Gasteiger partial charge is 0.209 e. The SMILES string of the molecule is N#Cc1ccc(OCCCS(N)(=O)=O)c(F)c1. The van der Waals surface area contributed by atoms with Crippen molar-refractivity contribution in [3.05, 3.63) is 29.6 Å². The van der Waals surface area contributed by atoms with E-state index >= 15 is 0 Å². The fourth-order valence-electron chi connectivity index (χ4n) is 1.13. The molecule has 92 valence electrons. The lowest BCUT2D eigenvalue weighted by atomic mass is 10.2. The second kappa shape index (κ2) is 5.61. The van der Waals surface area contributed by atoms with Crippen molar-refractivity contribution in [1.29, 1.82) is 5.26 Å². The average Bonchev–Trinajstić information content (AvgIpc) is 2.24. The predicted molar refractivity (Wildman–Crippen MR) is 59.2 cm³/mol. The van der Waals surface area contributed by atoms with Gasteiger partial charge >= 0.3 is 0 Å². The topological polar surface area (TPSA) is 93.2 Å². The van der Waals surface area contributed by atoms with Crippen LogP contribution < -0.4 is 9.88 Å². The quantitative estimate of drug-likeness (QED) is 0.789. The van der Waals surface area contributed by atoms with E-state index in [1.807, 2.05) is 0 Å². The van der Waals surface area contributed by atoms with Crippen molar-refractivity contribution in [3.63, 3.8) is 0 Å². The van der Waals surface area contributed by atoms with Gasteiger partial charge in [-0.2, -0.15) is 5.26 Å². The third-order valence-corrected chi connectivity index (χ3v) is 2.75. The lowest BCUT2D eigenvalue weighted by molar-refractivity contribution is 0.301. The zero-order valence-corrected chi connectivity index (χ0v) is 9.71. The molecule has 0 fully saturated rings. The summed E-state index contributed by atoms with van der Waals surface area (Å²) in [6.07, 6.45) is 0.179. The number of ether oxygens (including phenoxy) is 1. The molecule has 7 heteroatoms. The zero-order valence-electron chi connectivity index (χ0n) is 8.89. The van der Waals surface area contributed by atoms with Gasteiger partial charge in [-0.3, -0.25) is 0 Å². The maximum absolute atomic E-state index is 13.3. The molecule has 17 heavy (non-hydrogen) atoms. The molecule has 0 amide bonds. The lowest BCUT2D eigenvalue weighted by Gasteiger charge is -2.06. The Morgan fingerprint density at radius 2 is 2.18 bits per heavy atom. The standard InChI is InChI=1S/C10H11FN2O3S/c11-9-6-8(7-12)2-3-10(9)16-4-1-5-17(13,14)15/h2-3,6H,1,4-5H2,(H2,13,14,15). The van der Waals surface area contributed by atoms with Crippen LogP contribution in [0.3, 0.4) is 0 Å². The Kier molecular flexibility index (Phi) is 4.43. The largest absolute Gasteiger partial charge is 0.490 e. The highest BCUT2D eigenvalue weighted by atomic mass is 32.2. The van der Waals surface area contributed by atoms with Gasteiger partial charge in [-0.15, -0.1) is 0 Å². The Bertz CT molecular complexity index is 537. The summed E-state index contributed by atoms with van der Waals surface area (Å²) in [4.78, 5) is 0. The number of primary sulfonamides is 1. The van der Waals surface area contributed by atoms with E-state index in [2.05, 4.69) is 0 Å². The highest BCUT2D eigenvalue weighted by Crippen LogP contribution is 2.18. The van der Waals surface area contributed by atoms with Crippen molar-refractivity contribution >= 4 is 10.0 Å². The maximum atomic E-state index is 13.3. The molecule has 0 aromatic heterocycles. The molecule has 0 bridgehead atoms. The summed E-state index contributed by atoms with van der Waals surface area (Å²) in [5.41, 5.74) is 0.194. The van der Waals surface area contributed by atoms with E-state index < -0.39 is 15.8 Å². The molecule has 0 spiro atoms. The fraction of sp³-hybridized carbons (Fsp3) is 0.300. The molecule has 2 N–H and O–H groups in total. The van der Waals surface area contributed by atoms with Gasteiger partial charge in [-0.25, -0.2) is 17.9 Å². The Balaban J connectivity index is 2.51. The molecule has 0 unspecified atom stereocenters. The minimum atomic E-state index is -3.52. The lowest BCUT2D eigenvalue weighted by Crippen LogP contribution is -2.18. The number of nitriles is 1. The first-order valence-corrected chi connectivity index (χ1v) is 6.47. The summed E-state index contributed by atoms with van der Waals surface area (Å²) >= 11 is 0. The maximum Gasteiger partial charge on any atom is 0.209 e. The number of nitrogens with two attached hydrogens (primary N) is 1. The third kappa shape index (κ3) is 4.80. The van der Waals surface area contributed by atoms with Crippen molar-refractivity contribution in [2.24, 2.45) is 5.14 Å². The molecule has 0 radical (unpaired) electrons. The van der Waals surface area contributed by atoms with Crippen LogP contribution in [0.4, 0.5) is 4.39 Å². The molecule has 1 aromatic carbocycles. The second-order valence-corrected chi connectivity index (χ2v) is 5.06. The molecule has 1 aromatic rings. The number of halogens is 1. The Labute approximate surface area is 98.7 Å². The fourth-order valence-corrected chi connectivity index (χ4v) is 1.65. The third-order valence-electron chi connectivity index (χ3n) is 1.89. The van der Waals surface area contributed by atoms with Gasteiger partial charge in [0.15, 0.2) is 11.6 Å². The van der Waals surface area contributed by atoms with E-state index in [9.17, 15) is 12.8 Å². The van der Waals surface area contributed by atoms with Gasteiger partial charge in [0.2, 0.25) is 10.0 Å². The Hall–Kier alpha value is -1.65. The first-order valence-electron chi connectivity index (χ1n) is 4.75. The van der Waals surface area contributed by atoms with E-state index in [0.29, 0.717) is 0 Å². The van der Waals surface area contributed by atoms with E-state index in [1.54, 1.807) is 6.07 Å². The summed E-state index contributed by atoms with van der Waals surface area (Å²) in [5, 5.41) is 13.3. The van der Waals surface area contributed by atoms with E-state index in [4.69, 9.17) is 15.1 Å². The zero-order chi connectivity index (χ0) is 12.9. The highest BCUT2D eigenvalue weighted by Gasteiger charge is 2.06. The molecule has 0 atom stereocenters. The van der Waals surface area contributed by atoms with Crippen LogP contribution in [0.15, 0.2) is 18.2 Å². The van der Waals surface area contributed by atoms with Gasteiger partial charge in [-0.1, -0.05) is 0 Å². The molecule has 0 aliphatic carbocycles. The van der Waals surface area contributed by atoms with Gasteiger partial charge in [0.1, 0.15) is 0 Å².